The van der Waals surface area contributed by atoms with Crippen LogP contribution < -0.4 is 0 Å². The Morgan fingerprint density at radius 3 is 2.16 bits per heavy atom. The summed E-state index contributed by atoms with van der Waals surface area (Å²) < 4.78 is 0. The molecule has 0 aromatic heterocycles. The van der Waals surface area contributed by atoms with Crippen molar-refractivity contribution in [1.82, 2.24) is 0 Å². The quantitative estimate of drug-likeness (QED) is 0.442. The molecule has 0 bridgehead atoms. The molecule has 1 atom stereocenters. The van der Waals surface area contributed by atoms with Crippen LogP contribution in [0, 0.1) is 13.8 Å². The molecule has 0 aliphatic rings. The Labute approximate surface area is 120 Å². The van der Waals surface area contributed by atoms with Crippen molar-refractivity contribution in [2.24, 2.45) is 0 Å². The van der Waals surface area contributed by atoms with E-state index in [2.05, 4.69) is 45.9 Å². The summed E-state index contributed by atoms with van der Waals surface area (Å²) in [5.41, 5.74) is 4.49. The van der Waals surface area contributed by atoms with Gasteiger partial charge in [0.05, 0.1) is 0 Å². The molecule has 0 aliphatic carbocycles. The number of unbranched alkanes of at least 4 members (excludes halogenated alkanes) is 4. The maximum Gasteiger partial charge on any atom is -0.0159 e. The smallest absolute Gasteiger partial charge is 0.0159 e. The van der Waals surface area contributed by atoms with Gasteiger partial charge >= 0.3 is 0 Å². The van der Waals surface area contributed by atoms with Gasteiger partial charge in [0.25, 0.3) is 0 Å². The highest BCUT2D eigenvalue weighted by Gasteiger charge is 2.13. The predicted molar refractivity (Wildman–Crippen MR) is 86.9 cm³/mol. The highest BCUT2D eigenvalue weighted by atomic mass is 14.2. The third kappa shape index (κ3) is 5.80. The molecule has 1 unspecified atom stereocenters. The van der Waals surface area contributed by atoms with E-state index in [1.165, 1.54) is 62.5 Å². The van der Waals surface area contributed by atoms with Crippen molar-refractivity contribution < 1.29 is 0 Å². The molecular formula is C19H32. The standard InChI is InChI=1S/C19H32/c1-5-7-9-10-12-18(11-8-6-2)19-14-13-16(3)15-17(19)4/h13-15,18H,5-12H2,1-4H3. The van der Waals surface area contributed by atoms with Crippen molar-refractivity contribution in [1.29, 1.82) is 0 Å². The highest BCUT2D eigenvalue weighted by molar-refractivity contribution is 5.33. The number of hydrogen-bond acceptors (Lipinski definition) is 0. The lowest BCUT2D eigenvalue weighted by atomic mass is 9.86. The van der Waals surface area contributed by atoms with Gasteiger partial charge in [-0.25, -0.2) is 0 Å². The molecule has 0 amide bonds. The van der Waals surface area contributed by atoms with E-state index in [9.17, 15) is 0 Å². The fraction of sp³-hybridized carbons (Fsp3) is 0.684. The molecular weight excluding hydrogens is 228 g/mol. The Morgan fingerprint density at radius 1 is 0.842 bits per heavy atom. The average molecular weight is 260 g/mol. The molecule has 0 spiro atoms. The minimum Gasteiger partial charge on any atom is -0.0654 e. The Kier molecular flexibility index (Phi) is 7.86. The summed E-state index contributed by atoms with van der Waals surface area (Å²) >= 11 is 0. The molecule has 19 heavy (non-hydrogen) atoms. The minimum absolute atomic E-state index is 0.789. The molecule has 0 aliphatic heterocycles. The normalized spacial score (nSPS) is 12.6. The van der Waals surface area contributed by atoms with Gasteiger partial charge in [0.1, 0.15) is 0 Å². The second-order valence-electron chi connectivity index (χ2n) is 6.05. The summed E-state index contributed by atoms with van der Waals surface area (Å²) in [6, 6.07) is 7.01. The Bertz CT molecular complexity index is 351. The van der Waals surface area contributed by atoms with Crippen LogP contribution in [0.5, 0.6) is 0 Å². The van der Waals surface area contributed by atoms with Gasteiger partial charge in [-0.05, 0) is 43.7 Å². The summed E-state index contributed by atoms with van der Waals surface area (Å²) in [6.45, 7) is 9.07. The van der Waals surface area contributed by atoms with E-state index in [0.717, 1.165) is 5.92 Å². The van der Waals surface area contributed by atoms with Crippen molar-refractivity contribution in [3.8, 4) is 0 Å². The van der Waals surface area contributed by atoms with Crippen LogP contribution in [0.2, 0.25) is 0 Å². The van der Waals surface area contributed by atoms with Gasteiger partial charge in [-0.1, -0.05) is 76.1 Å². The maximum atomic E-state index is 2.38. The SMILES string of the molecule is CCCCCCC(CCCC)c1ccc(C)cc1C. The molecule has 0 nitrogen and oxygen atoms in total. The van der Waals surface area contributed by atoms with Crippen molar-refractivity contribution in [2.75, 3.05) is 0 Å². The lowest BCUT2D eigenvalue weighted by Crippen LogP contribution is -2.02. The van der Waals surface area contributed by atoms with Gasteiger partial charge < -0.3 is 0 Å². The van der Waals surface area contributed by atoms with E-state index in [-0.39, 0.29) is 0 Å². The van der Waals surface area contributed by atoms with Crippen LogP contribution in [-0.4, -0.2) is 0 Å². The maximum absolute atomic E-state index is 2.38. The van der Waals surface area contributed by atoms with E-state index in [4.69, 9.17) is 0 Å². The van der Waals surface area contributed by atoms with Crippen LogP contribution in [0.3, 0.4) is 0 Å². The zero-order valence-corrected chi connectivity index (χ0v) is 13.5. The molecule has 0 saturated carbocycles. The highest BCUT2D eigenvalue weighted by Crippen LogP contribution is 2.30. The van der Waals surface area contributed by atoms with Crippen LogP contribution in [0.15, 0.2) is 18.2 Å². The molecule has 1 aromatic rings. The van der Waals surface area contributed by atoms with Crippen molar-refractivity contribution >= 4 is 0 Å². The first-order chi connectivity index (χ1) is 9.19. The predicted octanol–water partition coefficient (Wildman–Crippen LogP) is 6.55. The van der Waals surface area contributed by atoms with Crippen molar-refractivity contribution in [3.63, 3.8) is 0 Å². The minimum atomic E-state index is 0.789. The fourth-order valence-electron chi connectivity index (χ4n) is 3.01. The first kappa shape index (κ1) is 16.3. The summed E-state index contributed by atoms with van der Waals surface area (Å²) in [4.78, 5) is 0. The van der Waals surface area contributed by atoms with Gasteiger partial charge in [0.2, 0.25) is 0 Å². The molecule has 0 heteroatoms. The van der Waals surface area contributed by atoms with Crippen LogP contribution in [0.25, 0.3) is 0 Å². The molecule has 0 saturated heterocycles. The van der Waals surface area contributed by atoms with Gasteiger partial charge in [0, 0.05) is 0 Å². The molecule has 0 N–H and O–H groups in total. The van der Waals surface area contributed by atoms with E-state index in [1.54, 1.807) is 5.56 Å². The Hall–Kier alpha value is -0.780. The average Bonchev–Trinajstić information content (AvgIpc) is 2.39. The van der Waals surface area contributed by atoms with Crippen LogP contribution in [0.4, 0.5) is 0 Å². The van der Waals surface area contributed by atoms with E-state index < -0.39 is 0 Å². The van der Waals surface area contributed by atoms with E-state index >= 15 is 0 Å². The van der Waals surface area contributed by atoms with Gasteiger partial charge in [-0.2, -0.15) is 0 Å². The fourth-order valence-corrected chi connectivity index (χ4v) is 3.01. The number of benzene rings is 1. The lowest BCUT2D eigenvalue weighted by molar-refractivity contribution is 0.507. The van der Waals surface area contributed by atoms with E-state index in [0.29, 0.717) is 0 Å². The van der Waals surface area contributed by atoms with E-state index in [1.807, 2.05) is 0 Å². The first-order valence-corrected chi connectivity index (χ1v) is 8.26. The molecule has 0 radical (unpaired) electrons. The van der Waals surface area contributed by atoms with Crippen molar-refractivity contribution in [2.45, 2.75) is 85.0 Å². The first-order valence-electron chi connectivity index (χ1n) is 8.26. The van der Waals surface area contributed by atoms with Gasteiger partial charge in [-0.15, -0.1) is 0 Å². The monoisotopic (exact) mass is 260 g/mol. The topological polar surface area (TPSA) is 0 Å². The third-order valence-corrected chi connectivity index (χ3v) is 4.18. The van der Waals surface area contributed by atoms with Crippen LogP contribution in [0.1, 0.15) is 87.8 Å². The molecule has 1 rings (SSSR count). The second kappa shape index (κ2) is 9.18. The number of rotatable bonds is 9. The Balaban J connectivity index is 2.66. The molecule has 0 heterocycles. The summed E-state index contributed by atoms with van der Waals surface area (Å²) in [7, 11) is 0. The lowest BCUT2D eigenvalue weighted by Gasteiger charge is -2.20. The van der Waals surface area contributed by atoms with Crippen LogP contribution in [-0.2, 0) is 0 Å². The number of aryl methyl sites for hydroxylation is 2. The third-order valence-electron chi connectivity index (χ3n) is 4.18. The Morgan fingerprint density at radius 2 is 1.53 bits per heavy atom. The number of hydrogen-bond donors (Lipinski definition) is 0. The van der Waals surface area contributed by atoms with Gasteiger partial charge in [-0.3, -0.25) is 0 Å². The molecule has 108 valence electrons. The second-order valence-corrected chi connectivity index (χ2v) is 6.05. The summed E-state index contributed by atoms with van der Waals surface area (Å²) in [5.74, 6) is 0.789. The largest absolute Gasteiger partial charge is 0.0654 e. The molecule has 0 fully saturated rings. The van der Waals surface area contributed by atoms with Gasteiger partial charge in [0.15, 0.2) is 0 Å². The zero-order valence-electron chi connectivity index (χ0n) is 13.5. The summed E-state index contributed by atoms with van der Waals surface area (Å²) in [6.07, 6.45) is 11.0. The zero-order chi connectivity index (χ0) is 14.1. The van der Waals surface area contributed by atoms with Crippen molar-refractivity contribution in [3.05, 3.63) is 34.9 Å². The van der Waals surface area contributed by atoms with Crippen LogP contribution >= 0.6 is 0 Å². The molecule has 1 aromatic carbocycles. The summed E-state index contributed by atoms with van der Waals surface area (Å²) in [5, 5.41) is 0.